The standard InChI is InChI=1S/C12H15ClN4O2/c1-7-6-17(12(14)16-19-2)15-10(7)8-4-3-5-9(13)11(8)18/h3-5,7,18H,6H2,1-2H3,(H2,14,16). The number of nitrogens with zero attached hydrogens (tertiary/aromatic N) is 3. The Morgan fingerprint density at radius 2 is 2.37 bits per heavy atom. The number of benzene rings is 1. The molecular weight excluding hydrogens is 268 g/mol. The van der Waals surface area contributed by atoms with Crippen molar-refractivity contribution in [2.45, 2.75) is 6.92 Å². The van der Waals surface area contributed by atoms with Gasteiger partial charge in [0.05, 0.1) is 17.3 Å². The van der Waals surface area contributed by atoms with E-state index in [1.165, 1.54) is 12.1 Å². The first kappa shape index (κ1) is 13.5. The van der Waals surface area contributed by atoms with E-state index in [4.69, 9.17) is 17.3 Å². The SMILES string of the molecule is CON=C(N)N1CC(C)C(c2cccc(Cl)c2O)=N1. The van der Waals surface area contributed by atoms with Crippen LogP contribution in [0.15, 0.2) is 28.5 Å². The minimum Gasteiger partial charge on any atom is -0.506 e. The molecule has 0 radical (unpaired) electrons. The third kappa shape index (κ3) is 2.58. The normalized spacial score (nSPS) is 19.5. The molecule has 102 valence electrons. The van der Waals surface area contributed by atoms with Gasteiger partial charge >= 0.3 is 0 Å². The number of phenols is 1. The number of guanidine groups is 1. The van der Waals surface area contributed by atoms with Gasteiger partial charge in [-0.15, -0.1) is 0 Å². The largest absolute Gasteiger partial charge is 0.506 e. The highest BCUT2D eigenvalue weighted by Crippen LogP contribution is 2.31. The number of rotatable bonds is 2. The molecule has 7 heteroatoms. The summed E-state index contributed by atoms with van der Waals surface area (Å²) in [5.41, 5.74) is 7.04. The molecule has 0 fully saturated rings. The van der Waals surface area contributed by atoms with Gasteiger partial charge in [0.2, 0.25) is 0 Å². The van der Waals surface area contributed by atoms with Gasteiger partial charge in [0.15, 0.2) is 0 Å². The fourth-order valence-electron chi connectivity index (χ4n) is 1.94. The lowest BCUT2D eigenvalue weighted by molar-refractivity contribution is 0.205. The minimum atomic E-state index is 0.0267. The Labute approximate surface area is 116 Å². The summed E-state index contributed by atoms with van der Waals surface area (Å²) in [7, 11) is 1.42. The lowest BCUT2D eigenvalue weighted by Crippen LogP contribution is -2.32. The van der Waals surface area contributed by atoms with Crippen LogP contribution in [-0.2, 0) is 4.84 Å². The number of oxime groups is 1. The van der Waals surface area contributed by atoms with Gasteiger partial charge in [-0.05, 0) is 17.3 Å². The van der Waals surface area contributed by atoms with Gasteiger partial charge in [-0.1, -0.05) is 24.6 Å². The number of hydrazone groups is 1. The number of halogens is 1. The van der Waals surface area contributed by atoms with Crippen molar-refractivity contribution in [1.82, 2.24) is 5.01 Å². The molecule has 0 saturated heterocycles. The molecule has 0 aliphatic carbocycles. The average Bonchev–Trinajstić information content (AvgIpc) is 2.75. The van der Waals surface area contributed by atoms with E-state index in [9.17, 15) is 5.11 Å². The van der Waals surface area contributed by atoms with Crippen molar-refractivity contribution in [2.24, 2.45) is 21.9 Å². The maximum Gasteiger partial charge on any atom is 0.253 e. The van der Waals surface area contributed by atoms with Gasteiger partial charge in [0, 0.05) is 11.5 Å². The zero-order valence-corrected chi connectivity index (χ0v) is 11.4. The molecule has 1 aliphatic rings. The Hall–Kier alpha value is -1.95. The highest BCUT2D eigenvalue weighted by Gasteiger charge is 2.28. The molecule has 1 unspecified atom stereocenters. The molecular formula is C12H15ClN4O2. The second-order valence-electron chi connectivity index (χ2n) is 4.24. The van der Waals surface area contributed by atoms with Crippen LogP contribution in [0.1, 0.15) is 12.5 Å². The van der Waals surface area contributed by atoms with Gasteiger partial charge in [-0.3, -0.25) is 0 Å². The van der Waals surface area contributed by atoms with Gasteiger partial charge in [0.25, 0.3) is 5.96 Å². The lowest BCUT2D eigenvalue weighted by atomic mass is 9.99. The van der Waals surface area contributed by atoms with Crippen LogP contribution in [0.25, 0.3) is 0 Å². The first-order valence-corrected chi connectivity index (χ1v) is 6.13. The molecule has 1 aromatic rings. The van der Waals surface area contributed by atoms with Crippen molar-refractivity contribution in [1.29, 1.82) is 0 Å². The van der Waals surface area contributed by atoms with E-state index in [0.29, 0.717) is 22.8 Å². The lowest BCUT2D eigenvalue weighted by Gasteiger charge is -2.11. The van der Waals surface area contributed by atoms with Gasteiger partial charge < -0.3 is 15.7 Å². The monoisotopic (exact) mass is 282 g/mol. The number of hydrogen-bond donors (Lipinski definition) is 2. The Kier molecular flexibility index (Phi) is 3.80. The zero-order valence-electron chi connectivity index (χ0n) is 10.7. The van der Waals surface area contributed by atoms with E-state index in [1.54, 1.807) is 18.2 Å². The summed E-state index contributed by atoms with van der Waals surface area (Å²) in [6.45, 7) is 2.55. The molecule has 1 aliphatic heterocycles. The van der Waals surface area contributed by atoms with Crippen LogP contribution >= 0.6 is 11.6 Å². The van der Waals surface area contributed by atoms with E-state index in [1.807, 2.05) is 6.92 Å². The highest BCUT2D eigenvalue weighted by molar-refractivity contribution is 6.32. The summed E-state index contributed by atoms with van der Waals surface area (Å²) >= 11 is 5.90. The Morgan fingerprint density at radius 3 is 3.05 bits per heavy atom. The maximum atomic E-state index is 9.99. The molecule has 1 aromatic carbocycles. The number of phenolic OH excluding ortho intramolecular Hbond substituents is 1. The first-order chi connectivity index (χ1) is 9.04. The summed E-state index contributed by atoms with van der Waals surface area (Å²) in [4.78, 5) is 4.62. The van der Waals surface area contributed by atoms with Gasteiger partial charge in [0.1, 0.15) is 12.9 Å². The Balaban J connectivity index is 2.37. The average molecular weight is 283 g/mol. The molecule has 19 heavy (non-hydrogen) atoms. The maximum absolute atomic E-state index is 9.99. The summed E-state index contributed by atoms with van der Waals surface area (Å²) < 4.78 is 0. The number of nitrogens with two attached hydrogens (primary N) is 1. The van der Waals surface area contributed by atoms with Gasteiger partial charge in [-0.2, -0.15) is 5.10 Å². The fraction of sp³-hybridized carbons (Fsp3) is 0.333. The quantitative estimate of drug-likeness (QED) is 0.490. The fourth-order valence-corrected chi connectivity index (χ4v) is 2.12. The Morgan fingerprint density at radius 1 is 1.63 bits per heavy atom. The second kappa shape index (κ2) is 5.36. The smallest absolute Gasteiger partial charge is 0.253 e. The molecule has 3 N–H and O–H groups in total. The van der Waals surface area contributed by atoms with Gasteiger partial charge in [-0.25, -0.2) is 5.01 Å². The summed E-state index contributed by atoms with van der Waals surface area (Å²) in [6.07, 6.45) is 0. The molecule has 0 aromatic heterocycles. The second-order valence-corrected chi connectivity index (χ2v) is 4.64. The van der Waals surface area contributed by atoms with Crippen LogP contribution in [0.5, 0.6) is 5.75 Å². The van der Waals surface area contributed by atoms with E-state index >= 15 is 0 Å². The molecule has 2 rings (SSSR count). The van der Waals surface area contributed by atoms with E-state index in [2.05, 4.69) is 15.1 Å². The molecule has 0 saturated carbocycles. The van der Waals surface area contributed by atoms with E-state index < -0.39 is 0 Å². The Bertz CT molecular complexity index is 545. The summed E-state index contributed by atoms with van der Waals surface area (Å²) in [6, 6.07) is 5.16. The predicted molar refractivity (Wildman–Crippen MR) is 74.2 cm³/mol. The minimum absolute atomic E-state index is 0.0267. The van der Waals surface area contributed by atoms with Crippen LogP contribution in [0, 0.1) is 5.92 Å². The van der Waals surface area contributed by atoms with Crippen LogP contribution in [0.3, 0.4) is 0 Å². The van der Waals surface area contributed by atoms with Crippen LogP contribution in [0.2, 0.25) is 5.02 Å². The first-order valence-electron chi connectivity index (χ1n) is 5.75. The van der Waals surface area contributed by atoms with E-state index in [-0.39, 0.29) is 17.6 Å². The molecule has 1 atom stereocenters. The van der Waals surface area contributed by atoms with Crippen molar-refractivity contribution in [3.05, 3.63) is 28.8 Å². The van der Waals surface area contributed by atoms with Crippen molar-refractivity contribution in [3.8, 4) is 5.75 Å². The summed E-state index contributed by atoms with van der Waals surface area (Å²) in [5, 5.41) is 19.8. The van der Waals surface area contributed by atoms with Crippen LogP contribution in [-0.4, -0.2) is 35.4 Å². The predicted octanol–water partition coefficient (Wildman–Crippen LogP) is 1.58. The third-order valence-corrected chi connectivity index (χ3v) is 3.16. The topological polar surface area (TPSA) is 83.4 Å². The highest BCUT2D eigenvalue weighted by atomic mass is 35.5. The molecule has 0 amide bonds. The van der Waals surface area contributed by atoms with Crippen LogP contribution < -0.4 is 5.73 Å². The number of hydrogen-bond acceptors (Lipinski definition) is 4. The van der Waals surface area contributed by atoms with Crippen LogP contribution in [0.4, 0.5) is 0 Å². The number of aromatic hydroxyl groups is 1. The van der Waals surface area contributed by atoms with Crippen molar-refractivity contribution >= 4 is 23.3 Å². The van der Waals surface area contributed by atoms with Crippen molar-refractivity contribution in [2.75, 3.05) is 13.7 Å². The van der Waals surface area contributed by atoms with E-state index in [0.717, 1.165) is 0 Å². The molecule has 1 heterocycles. The zero-order chi connectivity index (χ0) is 14.0. The number of para-hydroxylation sites is 1. The molecule has 6 nitrogen and oxygen atoms in total. The molecule has 0 spiro atoms. The van der Waals surface area contributed by atoms with Crippen molar-refractivity contribution < 1.29 is 9.94 Å². The van der Waals surface area contributed by atoms with Crippen molar-refractivity contribution in [3.63, 3.8) is 0 Å². The molecule has 0 bridgehead atoms. The third-order valence-electron chi connectivity index (χ3n) is 2.85. The summed E-state index contributed by atoms with van der Waals surface area (Å²) in [5.74, 6) is 0.291.